The van der Waals surface area contributed by atoms with Crippen molar-refractivity contribution in [2.75, 3.05) is 20.2 Å². The van der Waals surface area contributed by atoms with Crippen molar-refractivity contribution in [3.8, 4) is 0 Å². The van der Waals surface area contributed by atoms with Crippen LogP contribution in [0.3, 0.4) is 0 Å². The maximum atomic E-state index is 9.08. The van der Waals surface area contributed by atoms with Crippen LogP contribution in [0.4, 0.5) is 0 Å². The van der Waals surface area contributed by atoms with Gasteiger partial charge in [0.15, 0.2) is 0 Å². The monoisotopic (exact) mass is 233 g/mol. The number of hydrogen-bond donors (Lipinski definition) is 1. The molecule has 1 saturated heterocycles. The molecule has 1 heterocycles. The van der Waals surface area contributed by atoms with Crippen LogP contribution in [-0.2, 0) is 0 Å². The molecule has 16 heavy (non-hydrogen) atoms. The van der Waals surface area contributed by atoms with Gasteiger partial charge >= 0.3 is 0 Å². The van der Waals surface area contributed by atoms with Crippen LogP contribution in [0, 0.1) is 0 Å². The lowest BCUT2D eigenvalue weighted by Gasteiger charge is -2.41. The first-order chi connectivity index (χ1) is 7.69. The summed E-state index contributed by atoms with van der Waals surface area (Å²) in [7, 11) is 2.09. The fourth-order valence-corrected chi connectivity index (χ4v) is 1.52. The van der Waals surface area contributed by atoms with Gasteiger partial charge in [0, 0.05) is 5.54 Å². The minimum absolute atomic E-state index is 0.0677. The second kappa shape index (κ2) is 14.9. The number of rotatable bonds is 1. The predicted octanol–water partition coefficient (Wildman–Crippen LogP) is 3.93. The summed E-state index contributed by atoms with van der Waals surface area (Å²) in [6.45, 7) is 15.6. The predicted molar refractivity (Wildman–Crippen MR) is 76.0 cm³/mol. The standard InChI is InChI=1S/C8H17NO.3C2H6/c1-8(7-10)5-3-4-6-9(8)2;3*1-2/h10H,3-7H2,1-2H3;3*1-2H3. The third-order valence-corrected chi connectivity index (χ3v) is 2.72. The summed E-state index contributed by atoms with van der Waals surface area (Å²) in [5.74, 6) is 0. The molecule has 0 aromatic carbocycles. The molecule has 0 bridgehead atoms. The maximum Gasteiger partial charge on any atom is 0.0612 e. The molecule has 1 fully saturated rings. The van der Waals surface area contributed by atoms with E-state index in [0.29, 0.717) is 6.61 Å². The molecule has 0 radical (unpaired) electrons. The van der Waals surface area contributed by atoms with E-state index in [9.17, 15) is 0 Å². The van der Waals surface area contributed by atoms with Gasteiger partial charge in [0.2, 0.25) is 0 Å². The molecule has 1 unspecified atom stereocenters. The van der Waals surface area contributed by atoms with E-state index in [2.05, 4.69) is 18.9 Å². The van der Waals surface area contributed by atoms with E-state index in [1.165, 1.54) is 12.8 Å². The Morgan fingerprint density at radius 3 is 1.69 bits per heavy atom. The molecular formula is C14H35NO. The topological polar surface area (TPSA) is 23.5 Å². The molecule has 1 N–H and O–H groups in total. The van der Waals surface area contributed by atoms with Crippen LogP contribution in [0.5, 0.6) is 0 Å². The van der Waals surface area contributed by atoms with Crippen molar-refractivity contribution in [2.24, 2.45) is 0 Å². The second-order valence-electron chi connectivity index (χ2n) is 3.53. The Labute approximate surface area is 104 Å². The normalized spacial score (nSPS) is 23.8. The zero-order chi connectivity index (χ0) is 13.6. The van der Waals surface area contributed by atoms with E-state index in [0.717, 1.165) is 13.0 Å². The Bertz CT molecular complexity index is 117. The maximum absolute atomic E-state index is 9.08. The lowest BCUT2D eigenvalue weighted by atomic mass is 9.90. The molecule has 0 aliphatic carbocycles. The third kappa shape index (κ3) is 8.12. The van der Waals surface area contributed by atoms with Crippen LogP contribution < -0.4 is 0 Å². The average Bonchev–Trinajstić information content (AvgIpc) is 2.40. The summed E-state index contributed by atoms with van der Waals surface area (Å²) in [6.07, 6.45) is 3.69. The quantitative estimate of drug-likeness (QED) is 0.742. The minimum Gasteiger partial charge on any atom is -0.394 e. The Morgan fingerprint density at radius 2 is 1.44 bits per heavy atom. The van der Waals surface area contributed by atoms with Crippen molar-refractivity contribution < 1.29 is 5.11 Å². The smallest absolute Gasteiger partial charge is 0.0612 e. The Balaban J connectivity index is -0.000000245. The molecule has 1 aliphatic rings. The fourth-order valence-electron chi connectivity index (χ4n) is 1.52. The van der Waals surface area contributed by atoms with Gasteiger partial charge in [-0.05, 0) is 33.4 Å². The van der Waals surface area contributed by atoms with Gasteiger partial charge in [-0.2, -0.15) is 0 Å². The van der Waals surface area contributed by atoms with Gasteiger partial charge in [0.25, 0.3) is 0 Å². The number of aliphatic hydroxyl groups is 1. The minimum atomic E-state index is 0.0677. The lowest BCUT2D eigenvalue weighted by Crippen LogP contribution is -2.49. The second-order valence-corrected chi connectivity index (χ2v) is 3.53. The first kappa shape index (κ1) is 21.2. The Hall–Kier alpha value is -0.0800. The number of aliphatic hydroxyl groups excluding tert-OH is 1. The van der Waals surface area contributed by atoms with E-state index < -0.39 is 0 Å². The number of nitrogens with zero attached hydrogens (tertiary/aromatic N) is 1. The van der Waals surface area contributed by atoms with Crippen molar-refractivity contribution in [1.29, 1.82) is 0 Å². The van der Waals surface area contributed by atoms with E-state index in [-0.39, 0.29) is 5.54 Å². The van der Waals surface area contributed by atoms with Crippen molar-refractivity contribution in [3.05, 3.63) is 0 Å². The van der Waals surface area contributed by atoms with Crippen LogP contribution in [0.1, 0.15) is 67.7 Å². The Morgan fingerprint density at radius 1 is 1.00 bits per heavy atom. The van der Waals surface area contributed by atoms with Gasteiger partial charge in [0.05, 0.1) is 6.61 Å². The summed E-state index contributed by atoms with van der Waals surface area (Å²) in [5, 5.41) is 9.08. The van der Waals surface area contributed by atoms with Crippen molar-refractivity contribution >= 4 is 0 Å². The van der Waals surface area contributed by atoms with Crippen molar-refractivity contribution in [3.63, 3.8) is 0 Å². The molecule has 102 valence electrons. The molecule has 2 nitrogen and oxygen atoms in total. The van der Waals surface area contributed by atoms with Gasteiger partial charge in [-0.15, -0.1) is 0 Å². The number of piperidine rings is 1. The number of likely N-dealkylation sites (tertiary alicyclic amines) is 1. The average molecular weight is 233 g/mol. The molecule has 0 amide bonds. The van der Waals surface area contributed by atoms with Gasteiger partial charge in [-0.25, -0.2) is 0 Å². The van der Waals surface area contributed by atoms with Crippen LogP contribution in [0.25, 0.3) is 0 Å². The first-order valence-electron chi connectivity index (χ1n) is 7.01. The third-order valence-electron chi connectivity index (χ3n) is 2.72. The summed E-state index contributed by atoms with van der Waals surface area (Å²) < 4.78 is 0. The van der Waals surface area contributed by atoms with Gasteiger partial charge in [-0.3, -0.25) is 4.90 Å². The van der Waals surface area contributed by atoms with Gasteiger partial charge in [-0.1, -0.05) is 48.0 Å². The van der Waals surface area contributed by atoms with Gasteiger partial charge < -0.3 is 5.11 Å². The zero-order valence-corrected chi connectivity index (χ0v) is 12.9. The molecule has 0 aromatic rings. The highest BCUT2D eigenvalue weighted by atomic mass is 16.3. The lowest BCUT2D eigenvalue weighted by molar-refractivity contribution is 0.0325. The van der Waals surface area contributed by atoms with E-state index in [1.807, 2.05) is 41.5 Å². The Kier molecular flexibility index (Phi) is 19.8. The number of hydrogen-bond acceptors (Lipinski definition) is 2. The van der Waals surface area contributed by atoms with Crippen LogP contribution in [0.2, 0.25) is 0 Å². The van der Waals surface area contributed by atoms with E-state index in [4.69, 9.17) is 5.11 Å². The van der Waals surface area contributed by atoms with Crippen molar-refractivity contribution in [1.82, 2.24) is 4.90 Å². The first-order valence-corrected chi connectivity index (χ1v) is 7.01. The van der Waals surface area contributed by atoms with Crippen LogP contribution >= 0.6 is 0 Å². The number of likely N-dealkylation sites (N-methyl/N-ethyl adjacent to an activating group) is 1. The zero-order valence-electron chi connectivity index (χ0n) is 12.9. The highest BCUT2D eigenvalue weighted by molar-refractivity contribution is 4.86. The molecule has 2 heteroatoms. The highest BCUT2D eigenvalue weighted by Gasteiger charge is 2.30. The molecule has 1 rings (SSSR count). The van der Waals surface area contributed by atoms with Crippen LogP contribution in [0.15, 0.2) is 0 Å². The van der Waals surface area contributed by atoms with E-state index >= 15 is 0 Å². The summed E-state index contributed by atoms with van der Waals surface area (Å²) in [4.78, 5) is 2.26. The molecule has 0 saturated carbocycles. The van der Waals surface area contributed by atoms with Crippen molar-refractivity contribution in [2.45, 2.75) is 73.3 Å². The molecule has 1 aliphatic heterocycles. The highest BCUT2D eigenvalue weighted by Crippen LogP contribution is 2.25. The van der Waals surface area contributed by atoms with Crippen LogP contribution in [-0.4, -0.2) is 35.7 Å². The largest absolute Gasteiger partial charge is 0.394 e. The summed E-state index contributed by atoms with van der Waals surface area (Å²) in [5.41, 5.74) is 0.0677. The SMILES string of the molecule is CC.CC.CC.CN1CCCCC1(C)CO. The molecular weight excluding hydrogens is 198 g/mol. The van der Waals surface area contributed by atoms with Gasteiger partial charge in [0.1, 0.15) is 0 Å². The fraction of sp³-hybridized carbons (Fsp3) is 1.00. The molecule has 0 spiro atoms. The summed E-state index contributed by atoms with van der Waals surface area (Å²) in [6, 6.07) is 0. The summed E-state index contributed by atoms with van der Waals surface area (Å²) >= 11 is 0. The van der Waals surface area contributed by atoms with E-state index in [1.54, 1.807) is 0 Å². The molecule has 1 atom stereocenters. The molecule has 0 aromatic heterocycles.